The molecule has 2 aromatic heterocycles. The van der Waals surface area contributed by atoms with Crippen molar-refractivity contribution in [2.24, 2.45) is 0 Å². The number of benzene rings is 2. The van der Waals surface area contributed by atoms with E-state index >= 15 is 0 Å². The number of hydrogen-bond acceptors (Lipinski definition) is 6. The maximum absolute atomic E-state index is 13.3. The highest BCUT2D eigenvalue weighted by Gasteiger charge is 2.12. The molecule has 0 saturated carbocycles. The van der Waals surface area contributed by atoms with Gasteiger partial charge in [-0.1, -0.05) is 11.2 Å². The second kappa shape index (κ2) is 8.52. The normalized spacial score (nSPS) is 12.4. The highest BCUT2D eigenvalue weighted by molar-refractivity contribution is 7.09. The molecule has 7 heteroatoms. The van der Waals surface area contributed by atoms with Gasteiger partial charge in [-0.15, -0.1) is 11.3 Å². The predicted octanol–water partition coefficient (Wildman–Crippen LogP) is 4.22. The van der Waals surface area contributed by atoms with Crippen molar-refractivity contribution in [3.63, 3.8) is 0 Å². The number of aliphatic hydroxyl groups is 1. The third-order valence-electron chi connectivity index (χ3n) is 4.26. The maximum Gasteiger partial charge on any atom is 0.174 e. The molecule has 1 atom stereocenters. The van der Waals surface area contributed by atoms with E-state index in [1.807, 2.05) is 23.6 Å². The lowest BCUT2D eigenvalue weighted by Gasteiger charge is -2.13. The summed E-state index contributed by atoms with van der Waals surface area (Å²) >= 11 is 1.68. The Morgan fingerprint density at radius 3 is 2.82 bits per heavy atom. The average molecular weight is 398 g/mol. The lowest BCUT2D eigenvalue weighted by molar-refractivity contribution is 0.106. The van der Waals surface area contributed by atoms with Gasteiger partial charge in [0.05, 0.1) is 0 Å². The van der Waals surface area contributed by atoms with Crippen molar-refractivity contribution in [2.75, 3.05) is 13.2 Å². The molecule has 0 bridgehead atoms. The first-order chi connectivity index (χ1) is 13.7. The van der Waals surface area contributed by atoms with E-state index in [0.717, 1.165) is 17.5 Å². The third kappa shape index (κ3) is 4.39. The zero-order chi connectivity index (χ0) is 19.3. The van der Waals surface area contributed by atoms with Crippen LogP contribution in [0.1, 0.15) is 4.88 Å². The van der Waals surface area contributed by atoms with E-state index in [0.29, 0.717) is 23.6 Å². The van der Waals surface area contributed by atoms with Gasteiger partial charge >= 0.3 is 0 Å². The molecule has 0 fully saturated rings. The molecular formula is C21H19FN2O3S. The molecule has 0 aliphatic rings. The largest absolute Gasteiger partial charge is 0.491 e. The number of halogens is 1. The summed E-state index contributed by atoms with van der Waals surface area (Å²) in [5.41, 5.74) is 1.30. The zero-order valence-corrected chi connectivity index (χ0v) is 15.8. The van der Waals surface area contributed by atoms with Crippen LogP contribution in [0, 0.1) is 5.82 Å². The molecule has 0 aliphatic carbocycles. The number of ether oxygens (including phenoxy) is 1. The van der Waals surface area contributed by atoms with Gasteiger partial charge in [0, 0.05) is 35.0 Å². The maximum atomic E-state index is 13.3. The summed E-state index contributed by atoms with van der Waals surface area (Å²) < 4.78 is 24.3. The van der Waals surface area contributed by atoms with Crippen LogP contribution in [0.2, 0.25) is 0 Å². The van der Waals surface area contributed by atoms with E-state index in [1.54, 1.807) is 29.5 Å². The molecule has 0 radical (unpaired) electrons. The topological polar surface area (TPSA) is 67.5 Å². The second-order valence-electron chi connectivity index (χ2n) is 6.37. The minimum absolute atomic E-state index is 0.196. The molecular weight excluding hydrogens is 379 g/mol. The lowest BCUT2D eigenvalue weighted by Crippen LogP contribution is -2.30. The van der Waals surface area contributed by atoms with Crippen LogP contribution in [-0.4, -0.2) is 29.5 Å². The van der Waals surface area contributed by atoms with Gasteiger partial charge in [-0.25, -0.2) is 4.39 Å². The number of nitrogens with one attached hydrogen (secondary N) is 1. The first kappa shape index (κ1) is 18.6. The van der Waals surface area contributed by atoms with Crippen molar-refractivity contribution in [1.29, 1.82) is 0 Å². The van der Waals surface area contributed by atoms with Crippen molar-refractivity contribution in [3.05, 3.63) is 70.7 Å². The Labute approximate surface area is 165 Å². The molecule has 5 nitrogen and oxygen atoms in total. The summed E-state index contributed by atoms with van der Waals surface area (Å²) in [6, 6.07) is 15.7. The van der Waals surface area contributed by atoms with Gasteiger partial charge in [0.25, 0.3) is 0 Å². The molecule has 28 heavy (non-hydrogen) atoms. The zero-order valence-electron chi connectivity index (χ0n) is 15.0. The fourth-order valence-corrected chi connectivity index (χ4v) is 3.53. The van der Waals surface area contributed by atoms with Crippen molar-refractivity contribution in [2.45, 2.75) is 12.6 Å². The minimum atomic E-state index is -0.604. The monoisotopic (exact) mass is 398 g/mol. The van der Waals surface area contributed by atoms with Gasteiger partial charge in [-0.05, 0) is 47.8 Å². The smallest absolute Gasteiger partial charge is 0.174 e. The number of nitrogens with zero attached hydrogens (tertiary/aromatic N) is 1. The van der Waals surface area contributed by atoms with Crippen LogP contribution >= 0.6 is 11.3 Å². The van der Waals surface area contributed by atoms with Crippen LogP contribution in [0.25, 0.3) is 22.2 Å². The molecule has 0 amide bonds. The number of fused-ring (bicyclic) bond motifs is 1. The lowest BCUT2D eigenvalue weighted by atomic mass is 10.1. The second-order valence-corrected chi connectivity index (χ2v) is 7.40. The SMILES string of the molecule is OC(CNCc1cccs1)COc1ccc(-c2onc3cc(F)ccc23)cc1. The van der Waals surface area contributed by atoms with Gasteiger partial charge < -0.3 is 19.7 Å². The Balaban J connectivity index is 1.31. The molecule has 144 valence electrons. The van der Waals surface area contributed by atoms with E-state index in [2.05, 4.69) is 16.5 Å². The van der Waals surface area contributed by atoms with Crippen LogP contribution in [0.4, 0.5) is 4.39 Å². The van der Waals surface area contributed by atoms with Gasteiger partial charge in [-0.2, -0.15) is 0 Å². The molecule has 4 aromatic rings. The highest BCUT2D eigenvalue weighted by atomic mass is 32.1. The minimum Gasteiger partial charge on any atom is -0.491 e. The quantitative estimate of drug-likeness (QED) is 0.465. The Kier molecular flexibility index (Phi) is 5.66. The molecule has 0 spiro atoms. The summed E-state index contributed by atoms with van der Waals surface area (Å²) in [6.07, 6.45) is -0.604. The predicted molar refractivity (Wildman–Crippen MR) is 107 cm³/mol. The molecule has 0 aliphatic heterocycles. The summed E-state index contributed by atoms with van der Waals surface area (Å²) in [6.45, 7) is 1.39. The summed E-state index contributed by atoms with van der Waals surface area (Å²) in [5, 5.41) is 19.9. The van der Waals surface area contributed by atoms with Gasteiger partial charge in [-0.3, -0.25) is 0 Å². The first-order valence-corrected chi connectivity index (χ1v) is 9.76. The number of thiophene rings is 1. The number of aromatic nitrogens is 1. The molecule has 2 N–H and O–H groups in total. The van der Waals surface area contributed by atoms with Crippen LogP contribution in [0.3, 0.4) is 0 Å². The van der Waals surface area contributed by atoms with Gasteiger partial charge in [0.1, 0.15) is 29.8 Å². The Bertz CT molecular complexity index is 1030. The fourth-order valence-electron chi connectivity index (χ4n) is 2.85. The van der Waals surface area contributed by atoms with Crippen molar-refractivity contribution < 1.29 is 18.8 Å². The van der Waals surface area contributed by atoms with Crippen molar-refractivity contribution in [1.82, 2.24) is 10.5 Å². The molecule has 2 aromatic carbocycles. The standard InChI is InChI=1S/C21H19FN2O3S/c22-15-5-8-19-20(10-15)24-27-21(19)14-3-6-17(7-4-14)26-13-16(25)11-23-12-18-2-1-9-28-18/h1-10,16,23,25H,11-13H2. The van der Waals surface area contributed by atoms with Crippen LogP contribution in [-0.2, 0) is 6.54 Å². The summed E-state index contributed by atoms with van der Waals surface area (Å²) in [7, 11) is 0. The Hall–Kier alpha value is -2.74. The van der Waals surface area contributed by atoms with E-state index in [1.165, 1.54) is 17.0 Å². The highest BCUT2D eigenvalue weighted by Crippen LogP contribution is 2.30. The molecule has 0 saturated heterocycles. The van der Waals surface area contributed by atoms with Crippen LogP contribution < -0.4 is 10.1 Å². The number of rotatable bonds is 8. The molecule has 2 heterocycles. The van der Waals surface area contributed by atoms with Crippen LogP contribution in [0.15, 0.2) is 64.5 Å². The summed E-state index contributed by atoms with van der Waals surface area (Å²) in [4.78, 5) is 1.23. The molecule has 4 rings (SSSR count). The van der Waals surface area contributed by atoms with Crippen molar-refractivity contribution in [3.8, 4) is 17.1 Å². The average Bonchev–Trinajstić information content (AvgIpc) is 3.36. The Morgan fingerprint density at radius 2 is 2.04 bits per heavy atom. The first-order valence-electron chi connectivity index (χ1n) is 8.88. The van der Waals surface area contributed by atoms with E-state index in [9.17, 15) is 9.50 Å². The van der Waals surface area contributed by atoms with E-state index in [-0.39, 0.29) is 12.4 Å². The van der Waals surface area contributed by atoms with E-state index < -0.39 is 6.10 Å². The van der Waals surface area contributed by atoms with Gasteiger partial charge in [0.15, 0.2) is 5.76 Å². The molecule has 1 unspecified atom stereocenters. The Morgan fingerprint density at radius 1 is 1.18 bits per heavy atom. The third-order valence-corrected chi connectivity index (χ3v) is 5.13. The van der Waals surface area contributed by atoms with Crippen molar-refractivity contribution >= 4 is 22.2 Å². The van der Waals surface area contributed by atoms with Crippen LogP contribution in [0.5, 0.6) is 5.75 Å². The number of hydrogen-bond donors (Lipinski definition) is 2. The fraction of sp³-hybridized carbons (Fsp3) is 0.190. The summed E-state index contributed by atoms with van der Waals surface area (Å²) in [5.74, 6) is 0.884. The van der Waals surface area contributed by atoms with Gasteiger partial charge in [0.2, 0.25) is 0 Å². The van der Waals surface area contributed by atoms with E-state index in [4.69, 9.17) is 9.26 Å². The number of aliphatic hydroxyl groups excluding tert-OH is 1.